The Morgan fingerprint density at radius 2 is 1.59 bits per heavy atom. The number of allylic oxidation sites excluding steroid dienone is 2. The number of rotatable bonds is 1. The van der Waals surface area contributed by atoms with Crippen molar-refractivity contribution in [1.29, 1.82) is 0 Å². The van der Waals surface area contributed by atoms with E-state index >= 15 is 0 Å². The van der Waals surface area contributed by atoms with Gasteiger partial charge >= 0.3 is 6.85 Å². The Morgan fingerprint density at radius 3 is 2.44 bits per heavy atom. The van der Waals surface area contributed by atoms with Gasteiger partial charge in [-0.3, -0.25) is 4.99 Å². The van der Waals surface area contributed by atoms with Crippen LogP contribution < -0.4 is 5.46 Å². The van der Waals surface area contributed by atoms with Crippen LogP contribution in [0.1, 0.15) is 5.56 Å². The number of nitrogens with zero attached hydrogens (tertiary/aromatic N) is 2. The maximum absolute atomic E-state index is 5.08. The molecule has 0 spiro atoms. The van der Waals surface area contributed by atoms with Gasteiger partial charge in [0, 0.05) is 31.5 Å². The zero-order valence-corrected chi connectivity index (χ0v) is 16.9. The van der Waals surface area contributed by atoms with Crippen LogP contribution in [-0.4, -0.2) is 17.5 Å². The first kappa shape index (κ1) is 17.7. The number of aliphatic imine (C=N–C) groups is 1. The molecule has 131 valence electrons. The van der Waals surface area contributed by atoms with Crippen molar-refractivity contribution in [3.63, 3.8) is 0 Å². The van der Waals surface area contributed by atoms with E-state index in [1.54, 1.807) is 0 Å². The molecular weight excluding hydrogens is 507 g/mol. The average Bonchev–Trinajstić information content (AvgIpc) is 2.72. The SMILES string of the molecule is [Ir].[c-]1ccccc1C1=Nc2ccccc2-c2ccccc2B2C=CC=CN21. The fraction of sp³-hybridized carbons (Fsp3) is 0. The van der Waals surface area contributed by atoms with Crippen LogP contribution in [0.2, 0.25) is 0 Å². The second kappa shape index (κ2) is 7.52. The summed E-state index contributed by atoms with van der Waals surface area (Å²) in [5, 5.41) is 0. The van der Waals surface area contributed by atoms with Gasteiger partial charge < -0.3 is 4.81 Å². The van der Waals surface area contributed by atoms with Gasteiger partial charge in [-0.2, -0.15) is 0 Å². The molecule has 0 aromatic heterocycles. The summed E-state index contributed by atoms with van der Waals surface area (Å²) in [4.78, 5) is 7.32. The third-order valence-electron chi connectivity index (χ3n) is 4.85. The van der Waals surface area contributed by atoms with E-state index in [2.05, 4.69) is 83.7 Å². The zero-order valence-electron chi connectivity index (χ0n) is 14.5. The largest absolute Gasteiger partial charge is 0.409 e. The molecule has 0 saturated heterocycles. The zero-order chi connectivity index (χ0) is 17.3. The first-order chi connectivity index (χ1) is 12.9. The van der Waals surface area contributed by atoms with E-state index < -0.39 is 0 Å². The number of para-hydroxylation sites is 1. The van der Waals surface area contributed by atoms with Crippen molar-refractivity contribution in [2.24, 2.45) is 4.99 Å². The smallest absolute Gasteiger partial charge is 0.313 e. The molecule has 0 unspecified atom stereocenters. The van der Waals surface area contributed by atoms with Gasteiger partial charge in [-0.15, -0.1) is 35.9 Å². The fourth-order valence-electron chi connectivity index (χ4n) is 3.66. The molecule has 2 nitrogen and oxygen atoms in total. The molecule has 27 heavy (non-hydrogen) atoms. The average molecular weight is 523 g/mol. The maximum atomic E-state index is 5.08. The molecule has 3 aromatic rings. The van der Waals surface area contributed by atoms with E-state index in [1.807, 2.05) is 24.3 Å². The topological polar surface area (TPSA) is 15.6 Å². The maximum Gasteiger partial charge on any atom is 0.313 e. The summed E-state index contributed by atoms with van der Waals surface area (Å²) in [6.07, 6.45) is 6.28. The van der Waals surface area contributed by atoms with Crippen LogP contribution in [0, 0.1) is 6.07 Å². The monoisotopic (exact) mass is 524 g/mol. The summed E-state index contributed by atoms with van der Waals surface area (Å²) in [6.45, 7) is 0.108. The van der Waals surface area contributed by atoms with Crippen molar-refractivity contribution < 1.29 is 20.1 Å². The van der Waals surface area contributed by atoms with Crippen molar-refractivity contribution in [1.82, 2.24) is 4.81 Å². The Hall–Kier alpha value is -2.68. The molecule has 2 aliphatic rings. The summed E-state index contributed by atoms with van der Waals surface area (Å²) in [6, 6.07) is 28.3. The predicted octanol–water partition coefficient (Wildman–Crippen LogP) is 4.37. The van der Waals surface area contributed by atoms with Gasteiger partial charge in [0.2, 0.25) is 0 Å². The van der Waals surface area contributed by atoms with Gasteiger partial charge in [-0.05, 0) is 29.4 Å². The van der Waals surface area contributed by atoms with E-state index in [0.717, 1.165) is 17.1 Å². The Bertz CT molecular complexity index is 1060. The number of amidine groups is 1. The van der Waals surface area contributed by atoms with Gasteiger partial charge in [0.05, 0.1) is 5.69 Å². The van der Waals surface area contributed by atoms with E-state index in [9.17, 15) is 0 Å². The Labute approximate surface area is 173 Å². The molecule has 0 saturated carbocycles. The van der Waals surface area contributed by atoms with Gasteiger partial charge in [0.25, 0.3) is 0 Å². The Morgan fingerprint density at radius 1 is 0.815 bits per heavy atom. The standard InChI is InChI=1S/C23H16BN2.Ir/c1-2-10-18(11-3-1)23-25-22-15-7-5-13-20(22)19-12-4-6-14-21(19)24-16-8-9-17-26(23)24;/h1-10,12-17H;/q-1;. The van der Waals surface area contributed by atoms with Crippen molar-refractivity contribution >= 4 is 23.8 Å². The quantitative estimate of drug-likeness (QED) is 0.342. The normalized spacial score (nSPS) is 14.1. The summed E-state index contributed by atoms with van der Waals surface area (Å²) < 4.78 is 0. The van der Waals surface area contributed by atoms with E-state index in [1.165, 1.54) is 16.6 Å². The third kappa shape index (κ3) is 3.12. The first-order valence-electron chi connectivity index (χ1n) is 8.79. The first-order valence-corrected chi connectivity index (χ1v) is 8.79. The molecule has 4 heteroatoms. The predicted molar refractivity (Wildman–Crippen MR) is 109 cm³/mol. The summed E-state index contributed by atoms with van der Waals surface area (Å²) in [5.41, 5.74) is 5.65. The van der Waals surface area contributed by atoms with Gasteiger partial charge in [-0.25, -0.2) is 0 Å². The van der Waals surface area contributed by atoms with Crippen molar-refractivity contribution in [2.75, 3.05) is 0 Å². The second-order valence-corrected chi connectivity index (χ2v) is 6.39. The summed E-state index contributed by atoms with van der Waals surface area (Å²) >= 11 is 0. The molecule has 0 N–H and O–H groups in total. The number of hydrogen-bond acceptors (Lipinski definition) is 2. The molecule has 0 atom stereocenters. The van der Waals surface area contributed by atoms with E-state index in [0.29, 0.717) is 0 Å². The number of fused-ring (bicyclic) bond motifs is 5. The van der Waals surface area contributed by atoms with Crippen LogP contribution in [0.4, 0.5) is 5.69 Å². The second-order valence-electron chi connectivity index (χ2n) is 6.39. The number of hydrogen-bond donors (Lipinski definition) is 0. The summed E-state index contributed by atoms with van der Waals surface area (Å²) in [5.74, 6) is 3.14. The number of benzene rings is 3. The molecule has 0 fully saturated rings. The molecule has 5 rings (SSSR count). The van der Waals surface area contributed by atoms with Crippen LogP contribution in [0.15, 0.2) is 102 Å². The minimum Gasteiger partial charge on any atom is -0.409 e. The molecule has 1 radical (unpaired) electrons. The van der Waals surface area contributed by atoms with E-state index in [-0.39, 0.29) is 27.0 Å². The van der Waals surface area contributed by atoms with Crippen LogP contribution >= 0.6 is 0 Å². The van der Waals surface area contributed by atoms with Crippen LogP contribution in [0.25, 0.3) is 11.1 Å². The molecule has 0 aliphatic carbocycles. The van der Waals surface area contributed by atoms with Crippen molar-refractivity contribution in [2.45, 2.75) is 0 Å². The molecule has 0 bridgehead atoms. The van der Waals surface area contributed by atoms with Gasteiger partial charge in [0.15, 0.2) is 0 Å². The van der Waals surface area contributed by atoms with E-state index in [4.69, 9.17) is 4.99 Å². The molecule has 0 amide bonds. The third-order valence-corrected chi connectivity index (χ3v) is 4.85. The van der Waals surface area contributed by atoms with Crippen LogP contribution in [0.3, 0.4) is 0 Å². The van der Waals surface area contributed by atoms with Crippen molar-refractivity contribution in [3.05, 3.63) is 109 Å². The van der Waals surface area contributed by atoms with Crippen LogP contribution in [-0.2, 0) is 20.1 Å². The fourth-order valence-corrected chi connectivity index (χ4v) is 3.66. The Kier molecular flexibility index (Phi) is 4.93. The molecule has 3 aromatic carbocycles. The molecule has 2 aliphatic heterocycles. The van der Waals surface area contributed by atoms with Crippen LogP contribution in [0.5, 0.6) is 0 Å². The molecular formula is C23H16BIrN2-. The Balaban J connectivity index is 0.00000180. The minimum atomic E-state index is 0. The van der Waals surface area contributed by atoms with Gasteiger partial charge in [-0.1, -0.05) is 54.5 Å². The molecule has 2 heterocycles. The minimum absolute atomic E-state index is 0. The van der Waals surface area contributed by atoms with Gasteiger partial charge in [0.1, 0.15) is 0 Å². The summed E-state index contributed by atoms with van der Waals surface area (Å²) in [7, 11) is 0. The van der Waals surface area contributed by atoms with Crippen molar-refractivity contribution in [3.8, 4) is 11.1 Å².